The lowest BCUT2D eigenvalue weighted by atomic mass is 10.3. The molecule has 2 aromatic rings. The third-order valence-corrected chi connectivity index (χ3v) is 3.83. The standard InChI is InChI=1S/C15H21N3S/c1-3-8-16-15-11-13(7-9-17-15)18(4-2)12-14-6-5-10-19-14/h5-7,9-11H,3-4,8,12H2,1-2H3,(H,16,17). The highest BCUT2D eigenvalue weighted by atomic mass is 32.1. The molecule has 3 nitrogen and oxygen atoms in total. The fraction of sp³-hybridized carbons (Fsp3) is 0.400. The summed E-state index contributed by atoms with van der Waals surface area (Å²) in [5.41, 5.74) is 1.23. The predicted octanol–water partition coefficient (Wildman–Crippen LogP) is 3.99. The van der Waals surface area contributed by atoms with E-state index in [0.717, 1.165) is 31.9 Å². The van der Waals surface area contributed by atoms with Gasteiger partial charge < -0.3 is 10.2 Å². The molecule has 2 heterocycles. The van der Waals surface area contributed by atoms with Crippen molar-refractivity contribution in [2.75, 3.05) is 23.3 Å². The van der Waals surface area contributed by atoms with E-state index >= 15 is 0 Å². The van der Waals surface area contributed by atoms with Crippen LogP contribution in [0.4, 0.5) is 11.5 Å². The minimum atomic E-state index is 0.962. The van der Waals surface area contributed by atoms with Gasteiger partial charge in [-0.2, -0.15) is 0 Å². The number of nitrogens with one attached hydrogen (secondary N) is 1. The van der Waals surface area contributed by atoms with Crippen molar-refractivity contribution in [3.05, 3.63) is 40.7 Å². The number of aromatic nitrogens is 1. The molecule has 1 N–H and O–H groups in total. The minimum absolute atomic E-state index is 0.962. The maximum absolute atomic E-state index is 4.36. The van der Waals surface area contributed by atoms with Crippen LogP contribution in [-0.2, 0) is 6.54 Å². The Kier molecular flexibility index (Phi) is 5.21. The van der Waals surface area contributed by atoms with Crippen molar-refractivity contribution in [2.24, 2.45) is 0 Å². The Labute approximate surface area is 119 Å². The number of pyridine rings is 1. The van der Waals surface area contributed by atoms with Crippen LogP contribution in [-0.4, -0.2) is 18.1 Å². The molecule has 0 saturated carbocycles. The van der Waals surface area contributed by atoms with Gasteiger partial charge in [0.1, 0.15) is 5.82 Å². The minimum Gasteiger partial charge on any atom is -0.370 e. The number of nitrogens with zero attached hydrogens (tertiary/aromatic N) is 2. The Balaban J connectivity index is 2.09. The third-order valence-electron chi connectivity index (χ3n) is 2.97. The summed E-state index contributed by atoms with van der Waals surface area (Å²) in [6.45, 7) is 7.27. The monoisotopic (exact) mass is 275 g/mol. The van der Waals surface area contributed by atoms with Crippen LogP contribution in [0.25, 0.3) is 0 Å². The van der Waals surface area contributed by atoms with Crippen LogP contribution >= 0.6 is 11.3 Å². The van der Waals surface area contributed by atoms with Gasteiger partial charge in [-0.05, 0) is 30.9 Å². The second-order valence-corrected chi connectivity index (χ2v) is 5.45. The molecule has 0 aliphatic carbocycles. The topological polar surface area (TPSA) is 28.2 Å². The van der Waals surface area contributed by atoms with Gasteiger partial charge in [0.2, 0.25) is 0 Å². The van der Waals surface area contributed by atoms with Gasteiger partial charge in [0.25, 0.3) is 0 Å². The Morgan fingerprint density at radius 1 is 1.32 bits per heavy atom. The van der Waals surface area contributed by atoms with Gasteiger partial charge in [-0.15, -0.1) is 11.3 Å². The first-order valence-corrected chi connectivity index (χ1v) is 7.68. The van der Waals surface area contributed by atoms with Gasteiger partial charge in [-0.1, -0.05) is 13.0 Å². The largest absolute Gasteiger partial charge is 0.370 e. The number of anilines is 2. The smallest absolute Gasteiger partial charge is 0.127 e. The van der Waals surface area contributed by atoms with Crippen LogP contribution < -0.4 is 10.2 Å². The highest BCUT2D eigenvalue weighted by molar-refractivity contribution is 7.09. The van der Waals surface area contributed by atoms with Gasteiger partial charge in [0.05, 0.1) is 6.54 Å². The van der Waals surface area contributed by atoms with E-state index in [1.165, 1.54) is 10.6 Å². The van der Waals surface area contributed by atoms with Crippen LogP contribution in [0.15, 0.2) is 35.8 Å². The first-order chi connectivity index (χ1) is 9.33. The van der Waals surface area contributed by atoms with E-state index in [9.17, 15) is 0 Å². The molecule has 0 unspecified atom stereocenters. The van der Waals surface area contributed by atoms with Crippen molar-refractivity contribution >= 4 is 22.8 Å². The van der Waals surface area contributed by atoms with Gasteiger partial charge in [-0.3, -0.25) is 0 Å². The summed E-state index contributed by atoms with van der Waals surface area (Å²) in [6, 6.07) is 8.50. The van der Waals surface area contributed by atoms with Crippen LogP contribution in [0.1, 0.15) is 25.1 Å². The molecular weight excluding hydrogens is 254 g/mol. The van der Waals surface area contributed by atoms with E-state index in [-0.39, 0.29) is 0 Å². The highest BCUT2D eigenvalue weighted by Crippen LogP contribution is 2.21. The van der Waals surface area contributed by atoms with Crippen LogP contribution in [0.3, 0.4) is 0 Å². The SMILES string of the molecule is CCCNc1cc(N(CC)Cc2cccs2)ccn1. The molecule has 0 bridgehead atoms. The molecule has 19 heavy (non-hydrogen) atoms. The number of hydrogen-bond acceptors (Lipinski definition) is 4. The van der Waals surface area contributed by atoms with Crippen LogP contribution in [0, 0.1) is 0 Å². The molecule has 0 radical (unpaired) electrons. The van der Waals surface area contributed by atoms with E-state index in [4.69, 9.17) is 0 Å². The summed E-state index contributed by atoms with van der Waals surface area (Å²) in [7, 11) is 0. The average molecular weight is 275 g/mol. The average Bonchev–Trinajstić information content (AvgIpc) is 2.96. The Morgan fingerprint density at radius 2 is 2.21 bits per heavy atom. The van der Waals surface area contributed by atoms with Gasteiger partial charge in [-0.25, -0.2) is 4.98 Å². The summed E-state index contributed by atoms with van der Waals surface area (Å²) >= 11 is 1.81. The lowest BCUT2D eigenvalue weighted by Gasteiger charge is -2.22. The van der Waals surface area contributed by atoms with Crippen LogP contribution in [0.5, 0.6) is 0 Å². The maximum atomic E-state index is 4.36. The third kappa shape index (κ3) is 3.96. The van der Waals surface area contributed by atoms with Crippen molar-refractivity contribution < 1.29 is 0 Å². The highest BCUT2D eigenvalue weighted by Gasteiger charge is 2.07. The van der Waals surface area contributed by atoms with E-state index in [2.05, 4.69) is 58.7 Å². The van der Waals surface area contributed by atoms with Gasteiger partial charge in [0.15, 0.2) is 0 Å². The second kappa shape index (κ2) is 7.14. The number of rotatable bonds is 7. The van der Waals surface area contributed by atoms with Crippen molar-refractivity contribution in [3.63, 3.8) is 0 Å². The predicted molar refractivity (Wildman–Crippen MR) is 84.1 cm³/mol. The Morgan fingerprint density at radius 3 is 2.89 bits per heavy atom. The first kappa shape index (κ1) is 13.9. The molecule has 4 heteroatoms. The van der Waals surface area contributed by atoms with Crippen molar-refractivity contribution in [3.8, 4) is 0 Å². The van der Waals surface area contributed by atoms with E-state index < -0.39 is 0 Å². The fourth-order valence-electron chi connectivity index (χ4n) is 1.94. The normalized spacial score (nSPS) is 10.4. The molecule has 0 aliphatic heterocycles. The number of hydrogen-bond donors (Lipinski definition) is 1. The van der Waals surface area contributed by atoms with E-state index in [1.54, 1.807) is 11.3 Å². The van der Waals surface area contributed by atoms with Crippen molar-refractivity contribution in [1.82, 2.24) is 4.98 Å². The zero-order valence-electron chi connectivity index (χ0n) is 11.6. The Hall–Kier alpha value is -1.55. The first-order valence-electron chi connectivity index (χ1n) is 6.80. The van der Waals surface area contributed by atoms with Gasteiger partial charge in [0, 0.05) is 35.9 Å². The summed E-state index contributed by atoms with van der Waals surface area (Å²) in [6.07, 6.45) is 2.99. The molecular formula is C15H21N3S. The molecule has 0 saturated heterocycles. The molecule has 102 valence electrons. The molecule has 2 rings (SSSR count). The molecule has 0 aromatic carbocycles. The van der Waals surface area contributed by atoms with Crippen LogP contribution in [0.2, 0.25) is 0 Å². The Bertz CT molecular complexity index is 482. The molecule has 0 amide bonds. The molecule has 0 aliphatic rings. The summed E-state index contributed by atoms with van der Waals surface area (Å²) in [4.78, 5) is 8.11. The number of thiophene rings is 1. The molecule has 2 aromatic heterocycles. The van der Waals surface area contributed by atoms with Gasteiger partial charge >= 0.3 is 0 Å². The summed E-state index contributed by atoms with van der Waals surface area (Å²) in [5, 5.41) is 5.47. The van der Waals surface area contributed by atoms with Crippen molar-refractivity contribution in [1.29, 1.82) is 0 Å². The summed E-state index contributed by atoms with van der Waals surface area (Å²) < 4.78 is 0. The quantitative estimate of drug-likeness (QED) is 0.828. The molecule has 0 spiro atoms. The lowest BCUT2D eigenvalue weighted by Crippen LogP contribution is -2.21. The van der Waals surface area contributed by atoms with E-state index in [1.807, 2.05) is 6.20 Å². The zero-order chi connectivity index (χ0) is 13.5. The zero-order valence-corrected chi connectivity index (χ0v) is 12.4. The second-order valence-electron chi connectivity index (χ2n) is 4.42. The maximum Gasteiger partial charge on any atom is 0.127 e. The van der Waals surface area contributed by atoms with Crippen molar-refractivity contribution in [2.45, 2.75) is 26.8 Å². The lowest BCUT2D eigenvalue weighted by molar-refractivity contribution is 0.841. The fourth-order valence-corrected chi connectivity index (χ4v) is 2.66. The summed E-state index contributed by atoms with van der Waals surface area (Å²) in [5.74, 6) is 0.962. The molecule has 0 atom stereocenters. The molecule has 0 fully saturated rings. The van der Waals surface area contributed by atoms with E-state index in [0.29, 0.717) is 0 Å².